The standard InChI is InChI=1S/C14H7N3O2/c15-5-9-3-11(6-16)14(17-7-9)10-1-2-12-13(4-10)19-8-18-12/h1-4,7H,8H2. The quantitative estimate of drug-likeness (QED) is 0.774. The van der Waals surface area contributed by atoms with E-state index in [-0.39, 0.29) is 6.79 Å². The average molecular weight is 249 g/mol. The van der Waals surface area contributed by atoms with Crippen LogP contribution in [0.15, 0.2) is 30.5 Å². The summed E-state index contributed by atoms with van der Waals surface area (Å²) in [6, 6.07) is 10.9. The zero-order chi connectivity index (χ0) is 13.2. The second-order valence-corrected chi connectivity index (χ2v) is 3.91. The molecule has 1 aromatic carbocycles. The van der Waals surface area contributed by atoms with E-state index in [9.17, 15) is 0 Å². The number of ether oxygens (including phenoxy) is 2. The van der Waals surface area contributed by atoms with Gasteiger partial charge in [-0.2, -0.15) is 10.5 Å². The molecule has 0 amide bonds. The third kappa shape index (κ3) is 1.84. The minimum Gasteiger partial charge on any atom is -0.454 e. The topological polar surface area (TPSA) is 78.9 Å². The highest BCUT2D eigenvalue weighted by atomic mass is 16.7. The molecular weight excluding hydrogens is 242 g/mol. The fourth-order valence-electron chi connectivity index (χ4n) is 1.89. The average Bonchev–Trinajstić information content (AvgIpc) is 2.93. The summed E-state index contributed by atoms with van der Waals surface area (Å²) >= 11 is 0. The first-order valence-electron chi connectivity index (χ1n) is 5.52. The first-order chi connectivity index (χ1) is 9.31. The van der Waals surface area contributed by atoms with E-state index in [1.807, 2.05) is 12.1 Å². The molecule has 0 spiro atoms. The molecule has 0 bridgehead atoms. The summed E-state index contributed by atoms with van der Waals surface area (Å²) in [4.78, 5) is 4.17. The van der Waals surface area contributed by atoms with Gasteiger partial charge in [0.15, 0.2) is 11.5 Å². The van der Waals surface area contributed by atoms with Gasteiger partial charge < -0.3 is 9.47 Å². The van der Waals surface area contributed by atoms with Crippen LogP contribution in [0.2, 0.25) is 0 Å². The Bertz CT molecular complexity index is 741. The summed E-state index contributed by atoms with van der Waals surface area (Å²) in [7, 11) is 0. The highest BCUT2D eigenvalue weighted by molar-refractivity contribution is 5.70. The molecular formula is C14H7N3O2. The fraction of sp³-hybridized carbons (Fsp3) is 0.0714. The second kappa shape index (κ2) is 4.32. The van der Waals surface area contributed by atoms with Gasteiger partial charge in [-0.1, -0.05) is 0 Å². The lowest BCUT2D eigenvalue weighted by molar-refractivity contribution is 0.174. The van der Waals surface area contributed by atoms with Gasteiger partial charge in [-0.25, -0.2) is 0 Å². The highest BCUT2D eigenvalue weighted by Gasteiger charge is 2.16. The largest absolute Gasteiger partial charge is 0.454 e. The molecule has 2 heterocycles. The SMILES string of the molecule is N#Cc1cnc(-c2ccc3c(c2)OCO3)c(C#N)c1. The van der Waals surface area contributed by atoms with Gasteiger partial charge in [-0.3, -0.25) is 4.98 Å². The van der Waals surface area contributed by atoms with Crippen LogP contribution in [0.25, 0.3) is 11.3 Å². The molecule has 3 rings (SSSR count). The van der Waals surface area contributed by atoms with Crippen LogP contribution >= 0.6 is 0 Å². The first kappa shape index (κ1) is 11.1. The number of pyridine rings is 1. The summed E-state index contributed by atoms with van der Waals surface area (Å²) in [5, 5.41) is 17.9. The molecule has 90 valence electrons. The van der Waals surface area contributed by atoms with Gasteiger partial charge in [-0.15, -0.1) is 0 Å². The van der Waals surface area contributed by atoms with Gasteiger partial charge in [0.25, 0.3) is 0 Å². The summed E-state index contributed by atoms with van der Waals surface area (Å²) in [6.07, 6.45) is 1.45. The van der Waals surface area contributed by atoms with Gasteiger partial charge in [0, 0.05) is 11.8 Å². The van der Waals surface area contributed by atoms with Gasteiger partial charge in [0.1, 0.15) is 12.1 Å². The number of rotatable bonds is 1. The Hall–Kier alpha value is -3.05. The number of hydrogen-bond acceptors (Lipinski definition) is 5. The summed E-state index contributed by atoms with van der Waals surface area (Å²) in [6.45, 7) is 0.199. The van der Waals surface area contributed by atoms with Gasteiger partial charge in [-0.05, 0) is 24.3 Å². The molecule has 0 radical (unpaired) electrons. The molecule has 0 N–H and O–H groups in total. The number of fused-ring (bicyclic) bond motifs is 1. The van der Waals surface area contributed by atoms with Crippen molar-refractivity contribution in [3.63, 3.8) is 0 Å². The lowest BCUT2D eigenvalue weighted by Crippen LogP contribution is -1.93. The van der Waals surface area contributed by atoms with Crippen LogP contribution in [0, 0.1) is 22.7 Å². The number of hydrogen-bond donors (Lipinski definition) is 0. The smallest absolute Gasteiger partial charge is 0.231 e. The molecule has 0 saturated carbocycles. The van der Waals surface area contributed by atoms with Crippen molar-refractivity contribution in [1.29, 1.82) is 10.5 Å². The van der Waals surface area contributed by atoms with Crippen molar-refractivity contribution in [1.82, 2.24) is 4.98 Å². The minimum absolute atomic E-state index is 0.199. The summed E-state index contributed by atoms with van der Waals surface area (Å²) < 4.78 is 10.5. The van der Waals surface area contributed by atoms with Crippen molar-refractivity contribution >= 4 is 0 Å². The van der Waals surface area contributed by atoms with Crippen LogP contribution in [-0.2, 0) is 0 Å². The van der Waals surface area contributed by atoms with Crippen molar-refractivity contribution in [2.45, 2.75) is 0 Å². The normalized spacial score (nSPS) is 11.7. The van der Waals surface area contributed by atoms with Crippen molar-refractivity contribution in [2.75, 3.05) is 6.79 Å². The van der Waals surface area contributed by atoms with E-state index in [4.69, 9.17) is 20.0 Å². The number of aromatic nitrogens is 1. The van der Waals surface area contributed by atoms with E-state index in [1.165, 1.54) is 12.3 Å². The van der Waals surface area contributed by atoms with Crippen LogP contribution in [0.5, 0.6) is 11.5 Å². The Labute approximate surface area is 109 Å². The molecule has 1 aliphatic heterocycles. The van der Waals surface area contributed by atoms with Crippen LogP contribution in [0.4, 0.5) is 0 Å². The van der Waals surface area contributed by atoms with E-state index in [0.29, 0.717) is 28.3 Å². The third-order valence-electron chi connectivity index (χ3n) is 2.78. The fourth-order valence-corrected chi connectivity index (χ4v) is 1.89. The zero-order valence-corrected chi connectivity index (χ0v) is 9.75. The van der Waals surface area contributed by atoms with Crippen molar-refractivity contribution < 1.29 is 9.47 Å². The highest BCUT2D eigenvalue weighted by Crippen LogP contribution is 2.36. The zero-order valence-electron chi connectivity index (χ0n) is 9.75. The van der Waals surface area contributed by atoms with Gasteiger partial charge in [0.2, 0.25) is 6.79 Å². The van der Waals surface area contributed by atoms with Crippen molar-refractivity contribution in [3.8, 4) is 34.9 Å². The maximum atomic E-state index is 9.14. The number of nitrogens with zero attached hydrogens (tertiary/aromatic N) is 3. The predicted octanol–water partition coefficient (Wildman–Crippen LogP) is 2.22. The predicted molar refractivity (Wildman–Crippen MR) is 65.2 cm³/mol. The molecule has 0 atom stereocenters. The van der Waals surface area contributed by atoms with E-state index in [1.54, 1.807) is 12.1 Å². The summed E-state index contributed by atoms with van der Waals surface area (Å²) in [5.74, 6) is 1.31. The van der Waals surface area contributed by atoms with Crippen molar-refractivity contribution in [2.24, 2.45) is 0 Å². The van der Waals surface area contributed by atoms with Gasteiger partial charge >= 0.3 is 0 Å². The molecule has 0 aliphatic carbocycles. The molecule has 0 fully saturated rings. The number of nitriles is 2. The Morgan fingerprint density at radius 3 is 2.68 bits per heavy atom. The number of benzene rings is 1. The Morgan fingerprint density at radius 2 is 1.89 bits per heavy atom. The molecule has 19 heavy (non-hydrogen) atoms. The van der Waals surface area contributed by atoms with E-state index in [2.05, 4.69) is 11.1 Å². The monoisotopic (exact) mass is 249 g/mol. The van der Waals surface area contributed by atoms with Crippen molar-refractivity contribution in [3.05, 3.63) is 41.6 Å². The van der Waals surface area contributed by atoms with Crippen LogP contribution in [0.1, 0.15) is 11.1 Å². The molecule has 5 nitrogen and oxygen atoms in total. The molecule has 1 aliphatic rings. The summed E-state index contributed by atoms with van der Waals surface area (Å²) in [5.41, 5.74) is 2.00. The Morgan fingerprint density at radius 1 is 1.05 bits per heavy atom. The molecule has 0 unspecified atom stereocenters. The molecule has 2 aromatic rings. The Balaban J connectivity index is 2.13. The maximum Gasteiger partial charge on any atom is 0.231 e. The molecule has 5 heteroatoms. The maximum absolute atomic E-state index is 9.14. The minimum atomic E-state index is 0.199. The molecule has 1 aromatic heterocycles. The van der Waals surface area contributed by atoms with Crippen LogP contribution < -0.4 is 9.47 Å². The second-order valence-electron chi connectivity index (χ2n) is 3.91. The first-order valence-corrected chi connectivity index (χ1v) is 5.52. The third-order valence-corrected chi connectivity index (χ3v) is 2.78. The van der Waals surface area contributed by atoms with Crippen LogP contribution in [0.3, 0.4) is 0 Å². The van der Waals surface area contributed by atoms with Crippen LogP contribution in [-0.4, -0.2) is 11.8 Å². The molecule has 0 saturated heterocycles. The Kier molecular flexibility index (Phi) is 2.52. The lowest BCUT2D eigenvalue weighted by Gasteiger charge is -2.04. The van der Waals surface area contributed by atoms with Gasteiger partial charge in [0.05, 0.1) is 16.8 Å². The van der Waals surface area contributed by atoms with E-state index in [0.717, 1.165) is 5.56 Å². The van der Waals surface area contributed by atoms with E-state index < -0.39 is 0 Å². The van der Waals surface area contributed by atoms with E-state index >= 15 is 0 Å². The lowest BCUT2D eigenvalue weighted by atomic mass is 10.0.